The first-order chi connectivity index (χ1) is 7.53. The van der Waals surface area contributed by atoms with Gasteiger partial charge in [-0.3, -0.25) is 9.55 Å². The van der Waals surface area contributed by atoms with Crippen LogP contribution in [0.4, 0.5) is 0 Å². The monoisotopic (exact) mass is 243 g/mol. The summed E-state index contributed by atoms with van der Waals surface area (Å²) in [5, 5.41) is 0. The van der Waals surface area contributed by atoms with Crippen LogP contribution >= 0.6 is 7.60 Å². The highest BCUT2D eigenvalue weighted by Crippen LogP contribution is 2.47. The normalized spacial score (nSPS) is 16.7. The average Bonchev–Trinajstić information content (AvgIpc) is 2.17. The van der Waals surface area contributed by atoms with Gasteiger partial charge in [-0.15, -0.1) is 0 Å². The van der Waals surface area contributed by atoms with Gasteiger partial charge in [0.2, 0.25) is 0 Å². The van der Waals surface area contributed by atoms with E-state index in [4.69, 9.17) is 4.52 Å². The zero-order valence-electron chi connectivity index (χ0n) is 9.67. The van der Waals surface area contributed by atoms with Crippen molar-refractivity contribution in [2.24, 2.45) is 0 Å². The fraction of sp³-hybridized carbons (Fsp3) is 0.545. The van der Waals surface area contributed by atoms with Gasteiger partial charge in [0, 0.05) is 12.4 Å². The number of hydrogen-bond acceptors (Lipinski definition) is 3. The largest absolute Gasteiger partial charge is 0.332 e. The highest BCUT2D eigenvalue weighted by Gasteiger charge is 2.22. The van der Waals surface area contributed by atoms with Crippen LogP contribution in [0.15, 0.2) is 24.5 Å². The predicted molar refractivity (Wildman–Crippen MR) is 63.2 cm³/mol. The highest BCUT2D eigenvalue weighted by atomic mass is 31.2. The smallest absolute Gasteiger partial charge is 0.324 e. The molecular formula is C11H18NO3P. The molecule has 5 heteroatoms. The van der Waals surface area contributed by atoms with Crippen LogP contribution in [0.25, 0.3) is 0 Å². The Kier molecular flexibility index (Phi) is 5.13. The molecule has 0 fully saturated rings. The molecule has 2 unspecified atom stereocenters. The summed E-state index contributed by atoms with van der Waals surface area (Å²) in [6.45, 7) is 3.83. The maximum atomic E-state index is 11.8. The third-order valence-corrected chi connectivity index (χ3v) is 3.60. The third-order valence-electron chi connectivity index (χ3n) is 2.15. The summed E-state index contributed by atoms with van der Waals surface area (Å²) < 4.78 is 16.9. The van der Waals surface area contributed by atoms with Gasteiger partial charge < -0.3 is 9.42 Å². The topological polar surface area (TPSA) is 59.4 Å². The summed E-state index contributed by atoms with van der Waals surface area (Å²) in [6.07, 6.45) is 4.78. The van der Waals surface area contributed by atoms with Crippen LogP contribution in [0, 0.1) is 0 Å². The zero-order chi connectivity index (χ0) is 12.0. The standard InChI is InChI=1S/C11H18NO3P/c1-3-5-10(2)15-16(13,14)9-11-6-4-7-12-8-11/h4,6-8,10H,3,5,9H2,1-2H3,(H,13,14). The Balaban J connectivity index is 2.55. The maximum absolute atomic E-state index is 11.8. The molecule has 1 aromatic rings. The first-order valence-electron chi connectivity index (χ1n) is 5.42. The van der Waals surface area contributed by atoms with Crippen LogP contribution in [0.3, 0.4) is 0 Å². The quantitative estimate of drug-likeness (QED) is 0.780. The van der Waals surface area contributed by atoms with E-state index in [9.17, 15) is 9.46 Å². The lowest BCUT2D eigenvalue weighted by atomic mass is 10.2. The van der Waals surface area contributed by atoms with E-state index >= 15 is 0 Å². The summed E-state index contributed by atoms with van der Waals surface area (Å²) in [6, 6.07) is 3.51. The van der Waals surface area contributed by atoms with Gasteiger partial charge in [0.25, 0.3) is 0 Å². The number of pyridine rings is 1. The fourth-order valence-electron chi connectivity index (χ4n) is 1.50. The second kappa shape index (κ2) is 6.14. The molecule has 1 aromatic heterocycles. The number of aromatic nitrogens is 1. The van der Waals surface area contributed by atoms with Crippen molar-refractivity contribution in [2.45, 2.75) is 39.0 Å². The Morgan fingerprint density at radius 2 is 2.38 bits per heavy atom. The molecule has 2 atom stereocenters. The van der Waals surface area contributed by atoms with E-state index in [-0.39, 0.29) is 12.3 Å². The lowest BCUT2D eigenvalue weighted by Crippen LogP contribution is -2.06. The maximum Gasteiger partial charge on any atom is 0.332 e. The van der Waals surface area contributed by atoms with Crippen molar-refractivity contribution in [2.75, 3.05) is 0 Å². The van der Waals surface area contributed by atoms with Crippen LogP contribution in [0.5, 0.6) is 0 Å². The Hall–Kier alpha value is -0.700. The van der Waals surface area contributed by atoms with Gasteiger partial charge in [-0.05, 0) is 25.0 Å². The van der Waals surface area contributed by atoms with E-state index in [0.29, 0.717) is 0 Å². The Morgan fingerprint density at radius 1 is 1.62 bits per heavy atom. The van der Waals surface area contributed by atoms with Gasteiger partial charge in [0.05, 0.1) is 12.3 Å². The minimum Gasteiger partial charge on any atom is -0.324 e. The van der Waals surface area contributed by atoms with E-state index in [1.54, 1.807) is 24.5 Å². The number of hydrogen-bond donors (Lipinski definition) is 1. The molecule has 0 amide bonds. The number of rotatable bonds is 6. The van der Waals surface area contributed by atoms with E-state index < -0.39 is 7.60 Å². The molecule has 0 aliphatic heterocycles. The van der Waals surface area contributed by atoms with Gasteiger partial charge in [0.1, 0.15) is 0 Å². The minimum absolute atomic E-state index is 0.0227. The molecule has 4 nitrogen and oxygen atoms in total. The van der Waals surface area contributed by atoms with Crippen molar-refractivity contribution in [3.63, 3.8) is 0 Å². The Morgan fingerprint density at radius 3 is 2.94 bits per heavy atom. The lowest BCUT2D eigenvalue weighted by Gasteiger charge is -2.17. The molecule has 0 saturated carbocycles. The van der Waals surface area contributed by atoms with Crippen LogP contribution in [0.2, 0.25) is 0 Å². The van der Waals surface area contributed by atoms with Crippen molar-refractivity contribution >= 4 is 7.60 Å². The SMILES string of the molecule is CCCC(C)OP(=O)(O)Cc1cccnc1. The van der Waals surface area contributed by atoms with Crippen LogP contribution < -0.4 is 0 Å². The van der Waals surface area contributed by atoms with Gasteiger partial charge >= 0.3 is 7.60 Å². The van der Waals surface area contributed by atoms with E-state index in [0.717, 1.165) is 18.4 Å². The second-order valence-electron chi connectivity index (χ2n) is 3.86. The van der Waals surface area contributed by atoms with Gasteiger partial charge in [-0.2, -0.15) is 0 Å². The lowest BCUT2D eigenvalue weighted by molar-refractivity contribution is 0.179. The Bertz CT molecular complexity index is 356. The zero-order valence-corrected chi connectivity index (χ0v) is 10.6. The molecule has 1 heterocycles. The fourth-order valence-corrected chi connectivity index (χ4v) is 2.89. The third kappa shape index (κ3) is 4.88. The van der Waals surface area contributed by atoms with Crippen LogP contribution in [-0.2, 0) is 15.3 Å². The summed E-state index contributed by atoms with van der Waals surface area (Å²) in [5.74, 6) is 0. The Labute approximate surface area is 96.2 Å². The van der Waals surface area contributed by atoms with Crippen molar-refractivity contribution in [3.8, 4) is 0 Å². The summed E-state index contributed by atoms with van der Waals surface area (Å²) in [7, 11) is -3.54. The van der Waals surface area contributed by atoms with Crippen molar-refractivity contribution < 1.29 is 14.0 Å². The molecule has 1 rings (SSSR count). The van der Waals surface area contributed by atoms with E-state index in [2.05, 4.69) is 4.98 Å². The van der Waals surface area contributed by atoms with Crippen molar-refractivity contribution in [1.29, 1.82) is 0 Å². The first-order valence-corrected chi connectivity index (χ1v) is 7.19. The summed E-state index contributed by atoms with van der Waals surface area (Å²) in [5.41, 5.74) is 0.719. The molecule has 0 aliphatic carbocycles. The van der Waals surface area contributed by atoms with Crippen LogP contribution in [0.1, 0.15) is 32.3 Å². The molecule has 0 aromatic carbocycles. The first kappa shape index (κ1) is 13.4. The summed E-state index contributed by atoms with van der Waals surface area (Å²) in [4.78, 5) is 13.6. The predicted octanol–water partition coefficient (Wildman–Crippen LogP) is 2.97. The molecule has 90 valence electrons. The van der Waals surface area contributed by atoms with Crippen LogP contribution in [-0.4, -0.2) is 16.0 Å². The minimum atomic E-state index is -3.54. The molecular weight excluding hydrogens is 225 g/mol. The molecule has 0 saturated heterocycles. The summed E-state index contributed by atoms with van der Waals surface area (Å²) >= 11 is 0. The molecule has 16 heavy (non-hydrogen) atoms. The highest BCUT2D eigenvalue weighted by molar-refractivity contribution is 7.51. The molecule has 1 N–H and O–H groups in total. The molecule has 0 radical (unpaired) electrons. The van der Waals surface area contributed by atoms with Gasteiger partial charge in [-0.1, -0.05) is 19.4 Å². The van der Waals surface area contributed by atoms with Gasteiger partial charge in [0.15, 0.2) is 0 Å². The number of nitrogens with zero attached hydrogens (tertiary/aromatic N) is 1. The molecule has 0 aliphatic rings. The average molecular weight is 243 g/mol. The van der Waals surface area contributed by atoms with Gasteiger partial charge in [-0.25, -0.2) is 0 Å². The van der Waals surface area contributed by atoms with Crippen molar-refractivity contribution in [1.82, 2.24) is 4.98 Å². The molecule has 0 bridgehead atoms. The molecule has 0 spiro atoms. The van der Waals surface area contributed by atoms with E-state index in [1.165, 1.54) is 0 Å². The van der Waals surface area contributed by atoms with Crippen molar-refractivity contribution in [3.05, 3.63) is 30.1 Å². The van der Waals surface area contributed by atoms with E-state index in [1.807, 2.05) is 13.8 Å². The second-order valence-corrected chi connectivity index (χ2v) is 5.66.